The lowest BCUT2D eigenvalue weighted by Gasteiger charge is -2.35. The third-order valence-electron chi connectivity index (χ3n) is 4.17. The van der Waals surface area contributed by atoms with Crippen molar-refractivity contribution in [3.8, 4) is 10.4 Å². The Morgan fingerprint density at radius 3 is 2.90 bits per heavy atom. The number of piperidine rings is 1. The van der Waals surface area contributed by atoms with E-state index in [0.717, 1.165) is 19.5 Å². The lowest BCUT2D eigenvalue weighted by molar-refractivity contribution is 0.430. The molecule has 2 N–H and O–H groups in total. The average Bonchev–Trinajstić information content (AvgIpc) is 3.04. The highest BCUT2D eigenvalue weighted by Crippen LogP contribution is 2.34. The van der Waals surface area contributed by atoms with Gasteiger partial charge in [-0.25, -0.2) is 4.98 Å². The predicted molar refractivity (Wildman–Crippen MR) is 90.8 cm³/mol. The Balaban J connectivity index is 1.77. The van der Waals surface area contributed by atoms with E-state index >= 15 is 0 Å². The van der Waals surface area contributed by atoms with Crippen LogP contribution >= 0.6 is 11.3 Å². The highest BCUT2D eigenvalue weighted by atomic mass is 32.1. The Kier molecular flexibility index (Phi) is 4.88. The molecular weight excluding hydrogens is 278 g/mol. The first kappa shape index (κ1) is 14.5. The highest BCUT2D eigenvalue weighted by molar-refractivity contribution is 7.18. The minimum absolute atomic E-state index is 0.622. The molecule has 0 spiro atoms. The van der Waals surface area contributed by atoms with Crippen molar-refractivity contribution < 1.29 is 0 Å². The predicted octanol–water partition coefficient (Wildman–Crippen LogP) is 3.91. The van der Waals surface area contributed by atoms with Crippen LogP contribution in [0.4, 0.5) is 5.13 Å². The molecule has 1 unspecified atom stereocenters. The number of nitrogens with zero attached hydrogens (tertiary/aromatic N) is 2. The molecule has 0 bridgehead atoms. The Labute approximate surface area is 130 Å². The van der Waals surface area contributed by atoms with Crippen molar-refractivity contribution in [3.05, 3.63) is 36.5 Å². The number of rotatable bonds is 5. The summed E-state index contributed by atoms with van der Waals surface area (Å²) in [6.45, 7) is 1.93. The Morgan fingerprint density at radius 1 is 1.24 bits per heavy atom. The van der Waals surface area contributed by atoms with Crippen LogP contribution < -0.4 is 10.6 Å². The first-order valence-corrected chi connectivity index (χ1v) is 8.68. The second-order valence-corrected chi connectivity index (χ2v) is 6.66. The van der Waals surface area contributed by atoms with Crippen LogP contribution in [0.1, 0.15) is 32.1 Å². The van der Waals surface area contributed by atoms with Gasteiger partial charge in [0.15, 0.2) is 5.13 Å². The second-order valence-electron chi connectivity index (χ2n) is 5.65. The van der Waals surface area contributed by atoms with Crippen LogP contribution in [0, 0.1) is 0 Å². The molecule has 0 amide bonds. The van der Waals surface area contributed by atoms with E-state index in [1.54, 1.807) is 0 Å². The maximum Gasteiger partial charge on any atom is 0.186 e. The third-order valence-corrected chi connectivity index (χ3v) is 5.25. The van der Waals surface area contributed by atoms with Crippen molar-refractivity contribution in [1.29, 1.82) is 0 Å². The molecule has 0 saturated carbocycles. The van der Waals surface area contributed by atoms with Crippen molar-refractivity contribution in [2.75, 3.05) is 18.0 Å². The topological polar surface area (TPSA) is 42.1 Å². The van der Waals surface area contributed by atoms with E-state index in [0.29, 0.717) is 6.04 Å². The van der Waals surface area contributed by atoms with Gasteiger partial charge in [0.2, 0.25) is 0 Å². The molecule has 1 aromatic carbocycles. The number of aromatic nitrogens is 1. The van der Waals surface area contributed by atoms with Crippen molar-refractivity contribution >= 4 is 16.5 Å². The molecule has 0 aliphatic carbocycles. The zero-order valence-electron chi connectivity index (χ0n) is 12.4. The van der Waals surface area contributed by atoms with Crippen molar-refractivity contribution in [2.24, 2.45) is 5.73 Å². The van der Waals surface area contributed by atoms with Crippen LogP contribution in [-0.4, -0.2) is 24.1 Å². The van der Waals surface area contributed by atoms with Gasteiger partial charge in [-0.1, -0.05) is 41.7 Å². The van der Waals surface area contributed by atoms with Gasteiger partial charge in [0.25, 0.3) is 0 Å². The first-order valence-electron chi connectivity index (χ1n) is 7.86. The molecule has 1 saturated heterocycles. The fraction of sp³-hybridized carbons (Fsp3) is 0.471. The minimum Gasteiger partial charge on any atom is -0.345 e. The zero-order valence-corrected chi connectivity index (χ0v) is 13.2. The third kappa shape index (κ3) is 3.44. The van der Waals surface area contributed by atoms with Gasteiger partial charge in [-0.2, -0.15) is 0 Å². The fourth-order valence-corrected chi connectivity index (χ4v) is 4.06. The smallest absolute Gasteiger partial charge is 0.186 e. The molecule has 112 valence electrons. The Morgan fingerprint density at radius 2 is 2.10 bits per heavy atom. The highest BCUT2D eigenvalue weighted by Gasteiger charge is 2.24. The van der Waals surface area contributed by atoms with Crippen LogP contribution in [0.15, 0.2) is 36.5 Å². The van der Waals surface area contributed by atoms with E-state index in [9.17, 15) is 0 Å². The Hall–Kier alpha value is -1.39. The largest absolute Gasteiger partial charge is 0.345 e. The lowest BCUT2D eigenvalue weighted by Crippen LogP contribution is -2.39. The summed E-state index contributed by atoms with van der Waals surface area (Å²) >= 11 is 1.81. The van der Waals surface area contributed by atoms with E-state index < -0.39 is 0 Å². The summed E-state index contributed by atoms with van der Waals surface area (Å²) in [6.07, 6.45) is 8.21. The van der Waals surface area contributed by atoms with Gasteiger partial charge in [0, 0.05) is 18.8 Å². The first-order chi connectivity index (χ1) is 10.4. The quantitative estimate of drug-likeness (QED) is 0.910. The molecule has 1 aromatic heterocycles. The van der Waals surface area contributed by atoms with E-state index in [-0.39, 0.29) is 0 Å². The van der Waals surface area contributed by atoms with Crippen LogP contribution in [0.25, 0.3) is 10.4 Å². The number of benzene rings is 1. The summed E-state index contributed by atoms with van der Waals surface area (Å²) in [5.41, 5.74) is 6.94. The summed E-state index contributed by atoms with van der Waals surface area (Å²) < 4.78 is 0. The van der Waals surface area contributed by atoms with E-state index in [1.165, 1.54) is 41.3 Å². The summed E-state index contributed by atoms with van der Waals surface area (Å²) in [5, 5.41) is 1.18. The van der Waals surface area contributed by atoms with Crippen LogP contribution in [0.2, 0.25) is 0 Å². The summed E-state index contributed by atoms with van der Waals surface area (Å²) in [7, 11) is 0. The molecule has 2 heterocycles. The second kappa shape index (κ2) is 7.05. The molecular formula is C17H23N3S. The van der Waals surface area contributed by atoms with Gasteiger partial charge in [-0.15, -0.1) is 0 Å². The summed E-state index contributed by atoms with van der Waals surface area (Å²) in [6, 6.07) is 11.1. The molecule has 2 aromatic rings. The van der Waals surface area contributed by atoms with Crippen molar-refractivity contribution in [1.82, 2.24) is 4.98 Å². The van der Waals surface area contributed by atoms with E-state index in [2.05, 4.69) is 40.2 Å². The number of hydrogen-bond donors (Lipinski definition) is 1. The molecule has 21 heavy (non-hydrogen) atoms. The van der Waals surface area contributed by atoms with Gasteiger partial charge in [-0.05, 0) is 44.2 Å². The van der Waals surface area contributed by atoms with Crippen molar-refractivity contribution in [2.45, 2.75) is 38.1 Å². The van der Waals surface area contributed by atoms with Crippen LogP contribution in [0.3, 0.4) is 0 Å². The van der Waals surface area contributed by atoms with Gasteiger partial charge in [0.1, 0.15) is 0 Å². The minimum atomic E-state index is 0.622. The molecule has 0 radical (unpaired) electrons. The van der Waals surface area contributed by atoms with E-state index in [1.807, 2.05) is 17.5 Å². The molecule has 3 nitrogen and oxygen atoms in total. The molecule has 1 aliphatic heterocycles. The van der Waals surface area contributed by atoms with Crippen molar-refractivity contribution in [3.63, 3.8) is 0 Å². The zero-order chi connectivity index (χ0) is 14.5. The van der Waals surface area contributed by atoms with Gasteiger partial charge < -0.3 is 10.6 Å². The number of hydrogen-bond acceptors (Lipinski definition) is 4. The molecule has 1 aliphatic rings. The molecule has 1 fully saturated rings. The molecule has 3 rings (SSSR count). The van der Waals surface area contributed by atoms with E-state index in [4.69, 9.17) is 5.73 Å². The molecule has 4 heteroatoms. The summed E-state index contributed by atoms with van der Waals surface area (Å²) in [5.74, 6) is 0. The molecule has 1 atom stereocenters. The normalized spacial score (nSPS) is 18.9. The number of nitrogens with two attached hydrogens (primary N) is 1. The average molecular weight is 301 g/mol. The maximum absolute atomic E-state index is 5.68. The fourth-order valence-electron chi connectivity index (χ4n) is 3.04. The number of anilines is 1. The van der Waals surface area contributed by atoms with Crippen LogP contribution in [0.5, 0.6) is 0 Å². The Bertz CT molecular complexity index is 552. The number of thiazole rings is 1. The summed E-state index contributed by atoms with van der Waals surface area (Å²) in [4.78, 5) is 8.46. The van der Waals surface area contributed by atoms with Gasteiger partial charge >= 0.3 is 0 Å². The van der Waals surface area contributed by atoms with Gasteiger partial charge in [0.05, 0.1) is 4.88 Å². The SMILES string of the molecule is NCCCC1CCCCN1c1ncc(-c2ccccc2)s1. The lowest BCUT2D eigenvalue weighted by atomic mass is 9.98. The monoisotopic (exact) mass is 301 g/mol. The van der Waals surface area contributed by atoms with Crippen LogP contribution in [-0.2, 0) is 0 Å². The maximum atomic E-state index is 5.68. The standard InChI is InChI=1S/C17H23N3S/c18-11-6-10-15-9-4-5-12-20(15)17-19-13-16(21-17)14-7-2-1-3-8-14/h1-3,7-8,13,15H,4-6,9-12,18H2. The van der Waals surface area contributed by atoms with Gasteiger partial charge in [-0.3, -0.25) is 0 Å².